The van der Waals surface area contributed by atoms with Crippen LogP contribution in [-0.4, -0.2) is 62.4 Å². The van der Waals surface area contributed by atoms with Crippen LogP contribution in [0.25, 0.3) is 0 Å². The zero-order valence-electron chi connectivity index (χ0n) is 16.8. The van der Waals surface area contributed by atoms with E-state index in [1.165, 1.54) is 35.7 Å². The highest BCUT2D eigenvalue weighted by atomic mass is 32.2. The van der Waals surface area contributed by atoms with Crippen molar-refractivity contribution in [1.82, 2.24) is 24.6 Å². The van der Waals surface area contributed by atoms with Crippen molar-refractivity contribution < 1.29 is 4.79 Å². The highest BCUT2D eigenvalue weighted by molar-refractivity contribution is 7.99. The Morgan fingerprint density at radius 1 is 1.18 bits per heavy atom. The maximum absolute atomic E-state index is 12.7. The third kappa shape index (κ3) is 4.58. The molecule has 1 saturated heterocycles. The summed E-state index contributed by atoms with van der Waals surface area (Å²) in [7, 11) is 0. The summed E-state index contributed by atoms with van der Waals surface area (Å²) in [5.41, 5.74) is 2.65. The molecule has 2 fully saturated rings. The second-order valence-corrected chi connectivity index (χ2v) is 8.74. The van der Waals surface area contributed by atoms with Crippen LogP contribution in [0.3, 0.4) is 0 Å². The summed E-state index contributed by atoms with van der Waals surface area (Å²) in [6.07, 6.45) is 2.43. The van der Waals surface area contributed by atoms with Gasteiger partial charge < -0.3 is 9.47 Å². The molecule has 2 aliphatic rings. The van der Waals surface area contributed by atoms with Crippen LogP contribution in [0.4, 0.5) is 0 Å². The van der Waals surface area contributed by atoms with Gasteiger partial charge in [-0.15, -0.1) is 10.2 Å². The van der Waals surface area contributed by atoms with Crippen LogP contribution >= 0.6 is 11.8 Å². The molecule has 1 aliphatic heterocycles. The first-order chi connectivity index (χ1) is 13.6. The zero-order chi connectivity index (χ0) is 19.5. The number of nitrogens with zero attached hydrogens (tertiary/aromatic N) is 5. The van der Waals surface area contributed by atoms with Gasteiger partial charge in [0.1, 0.15) is 5.82 Å². The van der Waals surface area contributed by atoms with Crippen LogP contribution in [0.1, 0.15) is 42.6 Å². The largest absolute Gasteiger partial charge is 0.339 e. The average molecular weight is 400 g/mol. The Balaban J connectivity index is 1.25. The predicted octanol–water partition coefficient (Wildman–Crippen LogP) is 2.92. The Labute approximate surface area is 171 Å². The fraction of sp³-hybridized carbons (Fsp3) is 0.571. The van der Waals surface area contributed by atoms with Crippen molar-refractivity contribution in [2.24, 2.45) is 0 Å². The van der Waals surface area contributed by atoms with Gasteiger partial charge in [-0.05, 0) is 32.3 Å². The summed E-state index contributed by atoms with van der Waals surface area (Å²) in [5.74, 6) is 2.33. The summed E-state index contributed by atoms with van der Waals surface area (Å²) in [4.78, 5) is 17.1. The molecule has 6 nitrogen and oxygen atoms in total. The van der Waals surface area contributed by atoms with Crippen molar-refractivity contribution in [3.05, 3.63) is 41.2 Å². The molecule has 4 rings (SSSR count). The first-order valence-electron chi connectivity index (χ1n) is 10.3. The van der Waals surface area contributed by atoms with E-state index in [1.54, 1.807) is 0 Å². The lowest BCUT2D eigenvalue weighted by molar-refractivity contribution is -0.130. The average Bonchev–Trinajstić information content (AvgIpc) is 3.46. The molecule has 0 unspecified atom stereocenters. The highest BCUT2D eigenvalue weighted by Gasteiger charge is 2.30. The van der Waals surface area contributed by atoms with E-state index in [0.717, 1.165) is 50.2 Å². The molecule has 1 aromatic heterocycles. The quantitative estimate of drug-likeness (QED) is 0.670. The number of aromatic nitrogens is 3. The second kappa shape index (κ2) is 8.66. The van der Waals surface area contributed by atoms with Crippen LogP contribution in [-0.2, 0) is 17.9 Å². The van der Waals surface area contributed by atoms with Crippen LogP contribution < -0.4 is 0 Å². The number of piperazine rings is 1. The molecule has 1 aliphatic carbocycles. The summed E-state index contributed by atoms with van der Waals surface area (Å²) >= 11 is 1.53. The van der Waals surface area contributed by atoms with Gasteiger partial charge in [-0.2, -0.15) is 0 Å². The molecule has 2 aromatic rings. The molecule has 0 bridgehead atoms. The fourth-order valence-corrected chi connectivity index (χ4v) is 4.70. The van der Waals surface area contributed by atoms with E-state index >= 15 is 0 Å². The topological polar surface area (TPSA) is 54.3 Å². The van der Waals surface area contributed by atoms with Crippen molar-refractivity contribution in [3.63, 3.8) is 0 Å². The van der Waals surface area contributed by atoms with Crippen LogP contribution in [0.15, 0.2) is 29.4 Å². The number of thioether (sulfide) groups is 1. The monoisotopic (exact) mass is 399 g/mol. The van der Waals surface area contributed by atoms with Crippen molar-refractivity contribution in [2.75, 3.05) is 31.9 Å². The standard InChI is InChI=1S/C21H29N5OS/c1-3-26-20(18-7-8-18)22-23-21(26)28-15-19(27)25-11-9-24(10-12-25)14-17-6-4-5-16(2)13-17/h4-6,13,18H,3,7-12,14-15H2,1-2H3. The molecule has 1 aromatic carbocycles. The number of carbonyl (C=O) groups excluding carboxylic acids is 1. The van der Waals surface area contributed by atoms with Crippen LogP contribution in [0.5, 0.6) is 0 Å². The predicted molar refractivity (Wildman–Crippen MR) is 111 cm³/mol. The first kappa shape index (κ1) is 19.5. The van der Waals surface area contributed by atoms with E-state index in [4.69, 9.17) is 0 Å². The normalized spacial score (nSPS) is 17.9. The van der Waals surface area contributed by atoms with Crippen molar-refractivity contribution in [3.8, 4) is 0 Å². The minimum atomic E-state index is 0.207. The van der Waals surface area contributed by atoms with Gasteiger partial charge in [-0.1, -0.05) is 41.6 Å². The number of hydrogen-bond acceptors (Lipinski definition) is 5. The van der Waals surface area contributed by atoms with Gasteiger partial charge in [-0.25, -0.2) is 0 Å². The van der Waals surface area contributed by atoms with E-state index < -0.39 is 0 Å². The SMILES string of the molecule is CCn1c(SCC(=O)N2CCN(Cc3cccc(C)c3)CC2)nnc1C1CC1. The fourth-order valence-electron chi connectivity index (χ4n) is 3.79. The molecule has 1 saturated carbocycles. The van der Waals surface area contributed by atoms with Gasteiger partial charge in [0.05, 0.1) is 5.75 Å². The number of rotatable bonds is 7. The molecule has 1 amide bonds. The molecule has 0 atom stereocenters. The molecule has 0 spiro atoms. The van der Waals surface area contributed by atoms with Gasteiger partial charge in [0.15, 0.2) is 5.16 Å². The van der Waals surface area contributed by atoms with E-state index in [9.17, 15) is 4.79 Å². The molecular formula is C21H29N5OS. The highest BCUT2D eigenvalue weighted by Crippen LogP contribution is 2.40. The van der Waals surface area contributed by atoms with Gasteiger partial charge in [0.25, 0.3) is 0 Å². The van der Waals surface area contributed by atoms with Crippen molar-refractivity contribution in [1.29, 1.82) is 0 Å². The molecule has 28 heavy (non-hydrogen) atoms. The molecular weight excluding hydrogens is 370 g/mol. The van der Waals surface area contributed by atoms with Crippen molar-refractivity contribution >= 4 is 17.7 Å². The van der Waals surface area contributed by atoms with Gasteiger partial charge in [0.2, 0.25) is 5.91 Å². The number of amides is 1. The zero-order valence-corrected chi connectivity index (χ0v) is 17.6. The second-order valence-electron chi connectivity index (χ2n) is 7.79. The Morgan fingerprint density at radius 2 is 1.96 bits per heavy atom. The third-order valence-corrected chi connectivity index (χ3v) is 6.49. The summed E-state index contributed by atoms with van der Waals surface area (Å²) in [6.45, 7) is 9.55. The van der Waals surface area contributed by atoms with E-state index in [2.05, 4.69) is 57.8 Å². The Kier molecular flexibility index (Phi) is 6.01. The summed E-state index contributed by atoms with van der Waals surface area (Å²) in [5, 5.41) is 9.57. The van der Waals surface area contributed by atoms with Gasteiger partial charge in [0, 0.05) is 45.2 Å². The Bertz CT molecular complexity index is 824. The summed E-state index contributed by atoms with van der Waals surface area (Å²) in [6, 6.07) is 8.67. The van der Waals surface area contributed by atoms with E-state index in [0.29, 0.717) is 11.7 Å². The number of benzene rings is 1. The Hall–Kier alpha value is -1.86. The smallest absolute Gasteiger partial charge is 0.233 e. The lowest BCUT2D eigenvalue weighted by atomic mass is 10.1. The number of aryl methyl sites for hydroxylation is 1. The minimum Gasteiger partial charge on any atom is -0.339 e. The van der Waals surface area contributed by atoms with E-state index in [1.807, 2.05) is 4.90 Å². The third-order valence-electron chi connectivity index (χ3n) is 5.54. The summed E-state index contributed by atoms with van der Waals surface area (Å²) < 4.78 is 2.18. The van der Waals surface area contributed by atoms with Crippen LogP contribution in [0, 0.1) is 6.92 Å². The number of carbonyl (C=O) groups is 1. The molecule has 7 heteroatoms. The van der Waals surface area contributed by atoms with Crippen molar-refractivity contribution in [2.45, 2.75) is 50.9 Å². The Morgan fingerprint density at radius 3 is 2.64 bits per heavy atom. The van der Waals surface area contributed by atoms with Gasteiger partial charge >= 0.3 is 0 Å². The maximum atomic E-state index is 12.7. The maximum Gasteiger partial charge on any atom is 0.233 e. The molecule has 0 N–H and O–H groups in total. The minimum absolute atomic E-state index is 0.207. The lowest BCUT2D eigenvalue weighted by Gasteiger charge is -2.34. The lowest BCUT2D eigenvalue weighted by Crippen LogP contribution is -2.48. The number of hydrogen-bond donors (Lipinski definition) is 0. The molecule has 2 heterocycles. The van der Waals surface area contributed by atoms with Gasteiger partial charge in [-0.3, -0.25) is 9.69 Å². The first-order valence-corrected chi connectivity index (χ1v) is 11.2. The molecule has 0 radical (unpaired) electrons. The van der Waals surface area contributed by atoms with Crippen LogP contribution in [0.2, 0.25) is 0 Å². The molecule has 150 valence electrons. The van der Waals surface area contributed by atoms with E-state index in [-0.39, 0.29) is 5.91 Å².